The first-order valence-electron chi connectivity index (χ1n) is 8.98. The number of ether oxygens (including phenoxy) is 3. The first-order valence-corrected chi connectivity index (χ1v) is 8.98. The lowest BCUT2D eigenvalue weighted by Crippen LogP contribution is -2.38. The minimum absolute atomic E-state index is 0.210. The molecule has 0 aromatic heterocycles. The van der Waals surface area contributed by atoms with Crippen LogP contribution in [-0.2, 0) is 23.8 Å². The normalized spacial score (nSPS) is 37.2. The van der Waals surface area contributed by atoms with Crippen molar-refractivity contribution in [3.05, 3.63) is 35.5 Å². The van der Waals surface area contributed by atoms with E-state index in [0.717, 1.165) is 18.4 Å². The first kappa shape index (κ1) is 18.9. The van der Waals surface area contributed by atoms with Gasteiger partial charge < -0.3 is 19.3 Å². The highest BCUT2D eigenvalue weighted by molar-refractivity contribution is 5.91. The van der Waals surface area contributed by atoms with Crippen LogP contribution in [0.1, 0.15) is 40.0 Å². The quantitative estimate of drug-likeness (QED) is 0.359. The lowest BCUT2D eigenvalue weighted by Gasteiger charge is -2.28. The molecule has 3 aliphatic rings. The second kappa shape index (κ2) is 7.00. The van der Waals surface area contributed by atoms with Gasteiger partial charge in [0.2, 0.25) is 0 Å². The van der Waals surface area contributed by atoms with E-state index in [2.05, 4.69) is 12.7 Å². The van der Waals surface area contributed by atoms with E-state index in [-0.39, 0.29) is 18.3 Å². The van der Waals surface area contributed by atoms with Crippen molar-refractivity contribution in [2.45, 2.75) is 63.9 Å². The second-order valence-corrected chi connectivity index (χ2v) is 7.58. The molecule has 1 N–H and O–H groups in total. The molecule has 0 radical (unpaired) electrons. The van der Waals surface area contributed by atoms with Crippen LogP contribution < -0.4 is 0 Å². The van der Waals surface area contributed by atoms with Gasteiger partial charge in [-0.2, -0.15) is 0 Å². The summed E-state index contributed by atoms with van der Waals surface area (Å²) in [6, 6.07) is 0. The standard InChI is InChI=1S/C20H26O6/c1-11-6-5-8-20(4)17(26-20)16-15(13(3)19(23)25-16)14(10-11)24-18(22)12(2)7-9-21/h6-7,14-17,21H,3,5,8-10H2,1-2,4H3/t14-,15+,16+,17+,20-/m1/s1. The molecule has 3 rings (SSSR count). The zero-order valence-corrected chi connectivity index (χ0v) is 15.5. The highest BCUT2D eigenvalue weighted by Gasteiger charge is 2.63. The largest absolute Gasteiger partial charge is 0.458 e. The van der Waals surface area contributed by atoms with Gasteiger partial charge in [-0.05, 0) is 39.7 Å². The number of rotatable bonds is 3. The highest BCUT2D eigenvalue weighted by Crippen LogP contribution is 2.50. The van der Waals surface area contributed by atoms with Crippen LogP contribution in [0.25, 0.3) is 0 Å². The van der Waals surface area contributed by atoms with E-state index in [1.165, 1.54) is 6.08 Å². The molecular weight excluding hydrogens is 336 g/mol. The molecule has 0 bridgehead atoms. The molecule has 6 nitrogen and oxygen atoms in total. The first-order chi connectivity index (χ1) is 12.3. The second-order valence-electron chi connectivity index (χ2n) is 7.58. The zero-order chi connectivity index (χ0) is 19.1. The smallest absolute Gasteiger partial charge is 0.334 e. The molecular formula is C20H26O6. The van der Waals surface area contributed by atoms with Crippen LogP contribution in [0.3, 0.4) is 0 Å². The number of hydrogen-bond donors (Lipinski definition) is 1. The molecule has 0 spiro atoms. The SMILES string of the molecule is C=C1C(=O)O[C@H]2[C@@H]1[C@H](OC(=O)C(C)=CCO)CC(C)=CCC[C@@]1(C)O[C@@H]21. The van der Waals surface area contributed by atoms with Gasteiger partial charge in [-0.15, -0.1) is 0 Å². The number of epoxide rings is 1. The van der Waals surface area contributed by atoms with Gasteiger partial charge in [-0.25, -0.2) is 9.59 Å². The minimum Gasteiger partial charge on any atom is -0.458 e. The molecule has 6 heteroatoms. The van der Waals surface area contributed by atoms with Crippen molar-refractivity contribution in [2.75, 3.05) is 6.61 Å². The lowest BCUT2D eigenvalue weighted by atomic mass is 9.82. The Labute approximate surface area is 153 Å². The molecule has 2 heterocycles. The van der Waals surface area contributed by atoms with Gasteiger partial charge >= 0.3 is 11.9 Å². The van der Waals surface area contributed by atoms with Gasteiger partial charge in [-0.1, -0.05) is 18.2 Å². The number of allylic oxidation sites excluding steroid dienone is 1. The van der Waals surface area contributed by atoms with E-state index in [1.807, 2.05) is 13.8 Å². The van der Waals surface area contributed by atoms with Crippen LogP contribution in [0.4, 0.5) is 0 Å². The van der Waals surface area contributed by atoms with Gasteiger partial charge in [0, 0.05) is 17.6 Å². The van der Waals surface area contributed by atoms with Crippen molar-refractivity contribution in [2.24, 2.45) is 5.92 Å². The molecule has 1 aliphatic carbocycles. The van der Waals surface area contributed by atoms with Crippen LogP contribution in [0.5, 0.6) is 0 Å². The van der Waals surface area contributed by atoms with E-state index in [0.29, 0.717) is 17.6 Å². The Kier molecular flexibility index (Phi) is 5.08. The van der Waals surface area contributed by atoms with Crippen molar-refractivity contribution in [3.8, 4) is 0 Å². The number of fused-ring (bicyclic) bond motifs is 3. The Balaban J connectivity index is 1.92. The summed E-state index contributed by atoms with van der Waals surface area (Å²) in [7, 11) is 0. The summed E-state index contributed by atoms with van der Waals surface area (Å²) in [4.78, 5) is 24.6. The van der Waals surface area contributed by atoms with Crippen molar-refractivity contribution in [3.63, 3.8) is 0 Å². The molecule has 26 heavy (non-hydrogen) atoms. The number of hydrogen-bond acceptors (Lipinski definition) is 6. The van der Waals surface area contributed by atoms with Gasteiger partial charge in [0.1, 0.15) is 18.3 Å². The van der Waals surface area contributed by atoms with Crippen LogP contribution in [0, 0.1) is 5.92 Å². The fourth-order valence-electron chi connectivity index (χ4n) is 3.86. The number of carbonyl (C=O) groups is 2. The van der Waals surface area contributed by atoms with Crippen LogP contribution in [0.2, 0.25) is 0 Å². The predicted octanol–water partition coefficient (Wildman–Crippen LogP) is 2.22. The minimum atomic E-state index is -0.573. The third-order valence-corrected chi connectivity index (χ3v) is 5.54. The summed E-state index contributed by atoms with van der Waals surface area (Å²) < 4.78 is 17.2. The lowest BCUT2D eigenvalue weighted by molar-refractivity contribution is -0.148. The van der Waals surface area contributed by atoms with E-state index in [1.54, 1.807) is 6.92 Å². The number of esters is 2. The maximum absolute atomic E-state index is 12.4. The van der Waals surface area contributed by atoms with Crippen LogP contribution in [-0.4, -0.2) is 47.6 Å². The molecule has 0 aromatic carbocycles. The Morgan fingerprint density at radius 1 is 1.54 bits per heavy atom. The summed E-state index contributed by atoms with van der Waals surface area (Å²) in [6.45, 7) is 9.25. The van der Waals surface area contributed by atoms with Gasteiger partial charge in [0.25, 0.3) is 0 Å². The number of carbonyl (C=O) groups excluding carboxylic acids is 2. The molecule has 5 atom stereocenters. The van der Waals surface area contributed by atoms with Crippen molar-refractivity contribution in [1.29, 1.82) is 0 Å². The van der Waals surface area contributed by atoms with E-state index >= 15 is 0 Å². The maximum atomic E-state index is 12.4. The summed E-state index contributed by atoms with van der Waals surface area (Å²) in [5.74, 6) is -1.41. The molecule has 2 saturated heterocycles. The van der Waals surface area contributed by atoms with Gasteiger partial charge in [-0.3, -0.25) is 0 Å². The topological polar surface area (TPSA) is 85.4 Å². The third kappa shape index (κ3) is 3.48. The predicted molar refractivity (Wildman–Crippen MR) is 94.1 cm³/mol. The van der Waals surface area contributed by atoms with Crippen LogP contribution in [0.15, 0.2) is 35.5 Å². The van der Waals surface area contributed by atoms with Gasteiger partial charge in [0.05, 0.1) is 18.1 Å². The summed E-state index contributed by atoms with van der Waals surface area (Å²) >= 11 is 0. The Hall–Kier alpha value is -1.92. The van der Waals surface area contributed by atoms with E-state index in [9.17, 15) is 9.59 Å². The van der Waals surface area contributed by atoms with Gasteiger partial charge in [0.15, 0.2) is 0 Å². The molecule has 2 aliphatic heterocycles. The summed E-state index contributed by atoms with van der Waals surface area (Å²) in [6.07, 6.45) is 4.45. The summed E-state index contributed by atoms with van der Waals surface area (Å²) in [5.41, 5.74) is 1.40. The molecule has 0 amide bonds. The zero-order valence-electron chi connectivity index (χ0n) is 15.5. The molecule has 0 saturated carbocycles. The van der Waals surface area contributed by atoms with Crippen molar-refractivity contribution >= 4 is 11.9 Å². The summed E-state index contributed by atoms with van der Waals surface area (Å²) in [5, 5.41) is 8.99. The fraction of sp³-hybridized carbons (Fsp3) is 0.600. The highest BCUT2D eigenvalue weighted by atomic mass is 16.6. The van der Waals surface area contributed by atoms with Crippen LogP contribution >= 0.6 is 0 Å². The number of aliphatic hydroxyl groups excluding tert-OH is 1. The average Bonchev–Trinajstić information content (AvgIpc) is 3.15. The third-order valence-electron chi connectivity index (χ3n) is 5.54. The Morgan fingerprint density at radius 3 is 2.96 bits per heavy atom. The molecule has 0 unspecified atom stereocenters. The Morgan fingerprint density at radius 2 is 2.27 bits per heavy atom. The molecule has 142 valence electrons. The maximum Gasteiger partial charge on any atom is 0.334 e. The molecule has 2 fully saturated rings. The van der Waals surface area contributed by atoms with Crippen molar-refractivity contribution in [1.82, 2.24) is 0 Å². The number of aliphatic hydroxyl groups is 1. The average molecular weight is 362 g/mol. The fourth-order valence-corrected chi connectivity index (χ4v) is 3.86. The van der Waals surface area contributed by atoms with E-state index < -0.39 is 30.1 Å². The molecule has 0 aromatic rings. The van der Waals surface area contributed by atoms with Crippen molar-refractivity contribution < 1.29 is 28.9 Å². The monoisotopic (exact) mass is 362 g/mol. The Bertz CT molecular complexity index is 690. The van der Waals surface area contributed by atoms with E-state index in [4.69, 9.17) is 19.3 Å².